The van der Waals surface area contributed by atoms with E-state index in [0.29, 0.717) is 28.4 Å². The molecule has 11 heteroatoms. The van der Waals surface area contributed by atoms with Crippen molar-refractivity contribution < 1.29 is 19.1 Å². The van der Waals surface area contributed by atoms with E-state index in [2.05, 4.69) is 19.7 Å². The molecule has 0 aliphatic heterocycles. The fraction of sp³-hybridized carbons (Fsp3) is 0.118. The Labute approximate surface area is 168 Å². The number of hydrogen-bond acceptors (Lipinski definition) is 8. The van der Waals surface area contributed by atoms with Gasteiger partial charge in [-0.25, -0.2) is 14.8 Å². The SMILES string of the molecule is CCOC(=O)C=O.Nc1ccc(Oc2ccnc3[nH]c(=O)cnc23)c(Cl)c1Cl. The van der Waals surface area contributed by atoms with E-state index in [9.17, 15) is 14.4 Å². The van der Waals surface area contributed by atoms with E-state index in [0.717, 1.165) is 6.20 Å². The van der Waals surface area contributed by atoms with Crippen molar-refractivity contribution in [3.8, 4) is 11.5 Å². The zero-order chi connectivity index (χ0) is 20.7. The van der Waals surface area contributed by atoms with Gasteiger partial charge in [0.15, 0.2) is 11.4 Å². The normalized spacial score (nSPS) is 9.96. The number of aldehydes is 1. The number of carbonyl (C=O) groups is 2. The highest BCUT2D eigenvalue weighted by atomic mass is 35.5. The topological polar surface area (TPSA) is 137 Å². The first-order chi connectivity index (χ1) is 13.4. The zero-order valence-electron chi connectivity index (χ0n) is 14.4. The van der Waals surface area contributed by atoms with Crippen molar-refractivity contribution in [2.24, 2.45) is 0 Å². The number of aromatic nitrogens is 3. The first-order valence-electron chi connectivity index (χ1n) is 7.74. The summed E-state index contributed by atoms with van der Waals surface area (Å²) >= 11 is 12.1. The predicted molar refractivity (Wildman–Crippen MR) is 104 cm³/mol. The molecule has 3 N–H and O–H groups in total. The van der Waals surface area contributed by atoms with Crippen molar-refractivity contribution in [3.63, 3.8) is 0 Å². The van der Waals surface area contributed by atoms with Gasteiger partial charge in [-0.3, -0.25) is 9.59 Å². The Morgan fingerprint density at radius 2 is 1.96 bits per heavy atom. The Morgan fingerprint density at radius 3 is 2.61 bits per heavy atom. The molecule has 28 heavy (non-hydrogen) atoms. The molecule has 0 aliphatic carbocycles. The van der Waals surface area contributed by atoms with Gasteiger partial charge >= 0.3 is 5.97 Å². The number of carbonyl (C=O) groups excluding carboxylic acids is 2. The Kier molecular flexibility index (Phi) is 7.30. The smallest absolute Gasteiger partial charge is 0.371 e. The van der Waals surface area contributed by atoms with Crippen molar-refractivity contribution in [2.75, 3.05) is 12.3 Å². The Balaban J connectivity index is 0.000000345. The maximum Gasteiger partial charge on any atom is 0.371 e. The van der Waals surface area contributed by atoms with Crippen LogP contribution in [0.1, 0.15) is 6.92 Å². The minimum absolute atomic E-state index is 0.142. The number of hydrogen-bond donors (Lipinski definition) is 2. The van der Waals surface area contributed by atoms with E-state index in [1.54, 1.807) is 25.1 Å². The number of nitrogen functional groups attached to an aromatic ring is 1. The van der Waals surface area contributed by atoms with Crippen LogP contribution in [0.15, 0.2) is 35.4 Å². The standard InChI is InChI=1S/C13H8Cl2N4O2.C4H6O3/c14-10-6(16)1-2-7(11(10)15)21-8-3-4-17-13-12(8)18-5-9(20)19-13;1-2-7-4(6)3-5/h1-5H,16H2,(H,17,19,20);3H,2H2,1H3. The Bertz CT molecular complexity index is 1070. The molecule has 0 saturated heterocycles. The van der Waals surface area contributed by atoms with Crippen molar-refractivity contribution in [1.29, 1.82) is 0 Å². The number of halogens is 2. The lowest BCUT2D eigenvalue weighted by Gasteiger charge is -2.10. The van der Waals surface area contributed by atoms with E-state index < -0.39 is 5.97 Å². The molecule has 3 rings (SSSR count). The molecule has 0 saturated carbocycles. The van der Waals surface area contributed by atoms with E-state index in [4.69, 9.17) is 33.7 Å². The number of nitrogens with two attached hydrogens (primary N) is 1. The molecule has 0 unspecified atom stereocenters. The highest BCUT2D eigenvalue weighted by molar-refractivity contribution is 6.44. The number of ether oxygens (including phenoxy) is 2. The molecule has 0 spiro atoms. The van der Waals surface area contributed by atoms with E-state index in [1.165, 1.54) is 6.20 Å². The first-order valence-corrected chi connectivity index (χ1v) is 8.50. The fourth-order valence-corrected chi connectivity index (χ4v) is 2.29. The van der Waals surface area contributed by atoms with Crippen molar-refractivity contribution >= 4 is 52.3 Å². The van der Waals surface area contributed by atoms with Crippen LogP contribution in [0.4, 0.5) is 5.69 Å². The third-order valence-corrected chi connectivity index (χ3v) is 4.00. The summed E-state index contributed by atoms with van der Waals surface area (Å²) < 4.78 is 9.89. The van der Waals surface area contributed by atoms with Gasteiger partial charge in [-0.05, 0) is 19.1 Å². The number of pyridine rings is 1. The molecular formula is C17H14Cl2N4O5. The molecule has 0 bridgehead atoms. The van der Waals surface area contributed by atoms with Crippen LogP contribution in [0.5, 0.6) is 11.5 Å². The summed E-state index contributed by atoms with van der Waals surface area (Å²) in [6, 6.07) is 4.79. The van der Waals surface area contributed by atoms with Gasteiger partial charge in [0.25, 0.3) is 5.56 Å². The molecule has 1 aromatic carbocycles. The second-order valence-electron chi connectivity index (χ2n) is 5.01. The van der Waals surface area contributed by atoms with Gasteiger partial charge in [0, 0.05) is 12.3 Å². The predicted octanol–water partition coefficient (Wildman–Crippen LogP) is 2.75. The van der Waals surface area contributed by atoms with Crippen molar-refractivity contribution in [1.82, 2.24) is 15.0 Å². The summed E-state index contributed by atoms with van der Waals surface area (Å²) in [4.78, 5) is 41.1. The highest BCUT2D eigenvalue weighted by Crippen LogP contribution is 2.38. The molecular weight excluding hydrogens is 411 g/mol. The van der Waals surface area contributed by atoms with Crippen LogP contribution in [0.2, 0.25) is 10.0 Å². The summed E-state index contributed by atoms with van der Waals surface area (Å²) in [6.45, 7) is 1.90. The van der Waals surface area contributed by atoms with Crippen molar-refractivity contribution in [2.45, 2.75) is 6.92 Å². The summed E-state index contributed by atoms with van der Waals surface area (Å²) in [5, 5.41) is 0.417. The Hall–Kier alpha value is -3.17. The number of anilines is 1. The van der Waals surface area contributed by atoms with Gasteiger partial charge in [0.1, 0.15) is 16.3 Å². The molecule has 2 heterocycles. The molecule has 2 aromatic heterocycles. The van der Waals surface area contributed by atoms with Crippen LogP contribution in [0, 0.1) is 0 Å². The molecule has 3 aromatic rings. The van der Waals surface area contributed by atoms with Crippen LogP contribution >= 0.6 is 23.2 Å². The van der Waals surface area contributed by atoms with Gasteiger partial charge in [-0.15, -0.1) is 0 Å². The number of fused-ring (bicyclic) bond motifs is 1. The third kappa shape index (κ3) is 5.18. The van der Waals surface area contributed by atoms with Crippen LogP contribution in [0.3, 0.4) is 0 Å². The molecule has 0 radical (unpaired) electrons. The third-order valence-electron chi connectivity index (χ3n) is 3.12. The van der Waals surface area contributed by atoms with E-state index >= 15 is 0 Å². The number of benzene rings is 1. The van der Waals surface area contributed by atoms with Gasteiger partial charge < -0.3 is 20.2 Å². The van der Waals surface area contributed by atoms with Crippen LogP contribution < -0.4 is 16.0 Å². The van der Waals surface area contributed by atoms with Crippen LogP contribution in [0.25, 0.3) is 11.2 Å². The maximum absolute atomic E-state index is 11.2. The fourth-order valence-electron chi connectivity index (χ4n) is 1.93. The summed E-state index contributed by atoms with van der Waals surface area (Å²) in [7, 11) is 0. The minimum atomic E-state index is -0.803. The zero-order valence-corrected chi connectivity index (χ0v) is 16.0. The molecule has 0 fully saturated rings. The first kappa shape index (κ1) is 21.1. The molecule has 0 atom stereocenters. The minimum Gasteiger partial charge on any atom is -0.460 e. The lowest BCUT2D eigenvalue weighted by Crippen LogP contribution is -2.06. The van der Waals surface area contributed by atoms with E-state index in [-0.39, 0.29) is 28.5 Å². The van der Waals surface area contributed by atoms with Crippen molar-refractivity contribution in [3.05, 3.63) is 51.0 Å². The average molecular weight is 425 g/mol. The van der Waals surface area contributed by atoms with Gasteiger partial charge in [0.05, 0.1) is 23.5 Å². The second kappa shape index (κ2) is 9.67. The molecule has 146 valence electrons. The number of H-pyrrole nitrogens is 1. The lowest BCUT2D eigenvalue weighted by atomic mass is 10.3. The Morgan fingerprint density at radius 1 is 1.21 bits per heavy atom. The van der Waals surface area contributed by atoms with Gasteiger partial charge in [-0.1, -0.05) is 23.2 Å². The maximum atomic E-state index is 11.2. The monoisotopic (exact) mass is 424 g/mol. The average Bonchev–Trinajstić information content (AvgIpc) is 2.69. The summed E-state index contributed by atoms with van der Waals surface area (Å²) in [5.74, 6) is -0.0853. The molecule has 0 aliphatic rings. The number of nitrogens with zero attached hydrogens (tertiary/aromatic N) is 2. The number of esters is 1. The van der Waals surface area contributed by atoms with Gasteiger partial charge in [-0.2, -0.15) is 0 Å². The number of aromatic amines is 1. The lowest BCUT2D eigenvalue weighted by molar-refractivity contribution is -0.148. The highest BCUT2D eigenvalue weighted by Gasteiger charge is 2.12. The second-order valence-corrected chi connectivity index (χ2v) is 5.76. The largest absolute Gasteiger partial charge is 0.460 e. The van der Waals surface area contributed by atoms with Crippen LogP contribution in [-0.4, -0.2) is 33.8 Å². The molecule has 9 nitrogen and oxygen atoms in total. The van der Waals surface area contributed by atoms with Crippen LogP contribution in [-0.2, 0) is 14.3 Å². The summed E-state index contributed by atoms with van der Waals surface area (Å²) in [5.41, 5.74) is 6.39. The summed E-state index contributed by atoms with van der Waals surface area (Å²) in [6.07, 6.45) is 2.78. The quantitative estimate of drug-likeness (QED) is 0.282. The number of nitrogens with one attached hydrogen (secondary N) is 1. The van der Waals surface area contributed by atoms with Gasteiger partial charge in [0.2, 0.25) is 6.29 Å². The molecule has 0 amide bonds. The van der Waals surface area contributed by atoms with E-state index in [1.807, 2.05) is 0 Å². The number of rotatable bonds is 4.